The van der Waals surface area contributed by atoms with Crippen molar-refractivity contribution >= 4 is 5.91 Å². The fourth-order valence-electron chi connectivity index (χ4n) is 3.82. The fraction of sp³-hybridized carbons (Fsp3) is 0.632. The van der Waals surface area contributed by atoms with Gasteiger partial charge < -0.3 is 19.7 Å². The van der Waals surface area contributed by atoms with Gasteiger partial charge in [0, 0.05) is 29.5 Å². The maximum atomic E-state index is 12.6. The van der Waals surface area contributed by atoms with Crippen LogP contribution in [0.15, 0.2) is 18.2 Å². The first-order chi connectivity index (χ1) is 11.5. The van der Waals surface area contributed by atoms with Gasteiger partial charge in [0.25, 0.3) is 0 Å². The number of nitrogens with one attached hydrogen (secondary N) is 1. The molecular formula is C19H28N2O3. The maximum absolute atomic E-state index is 12.6. The molecule has 2 aliphatic carbocycles. The Morgan fingerprint density at radius 1 is 1.17 bits per heavy atom. The zero-order chi connectivity index (χ0) is 17.3. The van der Waals surface area contributed by atoms with Gasteiger partial charge in [0.15, 0.2) is 0 Å². The van der Waals surface area contributed by atoms with Gasteiger partial charge in [0.1, 0.15) is 11.5 Å². The number of hydrogen-bond donors (Lipinski definition) is 1. The number of amides is 1. The van der Waals surface area contributed by atoms with Gasteiger partial charge in [-0.15, -0.1) is 0 Å². The lowest BCUT2D eigenvalue weighted by atomic mass is 10.1. The van der Waals surface area contributed by atoms with Crippen LogP contribution in [0, 0.1) is 5.92 Å². The van der Waals surface area contributed by atoms with E-state index < -0.39 is 0 Å². The number of rotatable bonds is 6. The SMILES string of the molecule is COc1ccc(OC)c(C2CC2C(=O)NC2CCC(N(C)C)C2)c1. The molecule has 0 aliphatic heterocycles. The number of ether oxygens (including phenoxy) is 2. The minimum absolute atomic E-state index is 0.0596. The Labute approximate surface area is 144 Å². The molecule has 1 aromatic rings. The Morgan fingerprint density at radius 3 is 2.58 bits per heavy atom. The van der Waals surface area contributed by atoms with E-state index in [1.807, 2.05) is 18.2 Å². The first kappa shape index (κ1) is 17.1. The van der Waals surface area contributed by atoms with Crippen LogP contribution in [0.2, 0.25) is 0 Å². The van der Waals surface area contributed by atoms with Gasteiger partial charge in [0.05, 0.1) is 14.2 Å². The van der Waals surface area contributed by atoms with Crippen molar-refractivity contribution in [2.45, 2.75) is 43.7 Å². The topological polar surface area (TPSA) is 50.8 Å². The van der Waals surface area contributed by atoms with Crippen molar-refractivity contribution in [3.05, 3.63) is 23.8 Å². The molecule has 4 unspecified atom stereocenters. The summed E-state index contributed by atoms with van der Waals surface area (Å²) in [6, 6.07) is 6.70. The molecule has 0 spiro atoms. The summed E-state index contributed by atoms with van der Waals surface area (Å²) in [5.74, 6) is 2.13. The van der Waals surface area contributed by atoms with Crippen LogP contribution >= 0.6 is 0 Å². The van der Waals surface area contributed by atoms with Crippen molar-refractivity contribution in [2.75, 3.05) is 28.3 Å². The Bertz CT molecular complexity index is 602. The number of carbonyl (C=O) groups excluding carboxylic acids is 1. The molecule has 1 amide bonds. The van der Waals surface area contributed by atoms with E-state index in [1.54, 1.807) is 14.2 Å². The van der Waals surface area contributed by atoms with E-state index in [9.17, 15) is 4.79 Å². The molecule has 5 nitrogen and oxygen atoms in total. The third kappa shape index (κ3) is 3.51. The Morgan fingerprint density at radius 2 is 1.96 bits per heavy atom. The van der Waals surface area contributed by atoms with Gasteiger partial charge in [-0.1, -0.05) is 0 Å². The highest BCUT2D eigenvalue weighted by molar-refractivity contribution is 5.83. The third-order valence-corrected chi connectivity index (χ3v) is 5.45. The summed E-state index contributed by atoms with van der Waals surface area (Å²) in [5.41, 5.74) is 1.08. The monoisotopic (exact) mass is 332 g/mol. The van der Waals surface area contributed by atoms with Crippen LogP contribution in [-0.4, -0.2) is 51.2 Å². The first-order valence-electron chi connectivity index (χ1n) is 8.72. The summed E-state index contributed by atoms with van der Waals surface area (Å²) in [4.78, 5) is 14.8. The van der Waals surface area contributed by atoms with Crippen molar-refractivity contribution in [2.24, 2.45) is 5.92 Å². The minimum atomic E-state index is 0.0596. The molecule has 3 rings (SSSR count). The van der Waals surface area contributed by atoms with E-state index >= 15 is 0 Å². The molecule has 132 valence electrons. The molecule has 2 fully saturated rings. The summed E-state index contributed by atoms with van der Waals surface area (Å²) in [6.07, 6.45) is 4.18. The van der Waals surface area contributed by atoms with Crippen molar-refractivity contribution < 1.29 is 14.3 Å². The van der Waals surface area contributed by atoms with Crippen LogP contribution in [0.5, 0.6) is 11.5 Å². The van der Waals surface area contributed by atoms with Crippen molar-refractivity contribution in [1.82, 2.24) is 10.2 Å². The van der Waals surface area contributed by atoms with Crippen LogP contribution in [0.4, 0.5) is 0 Å². The highest BCUT2D eigenvalue weighted by Gasteiger charge is 2.46. The normalized spacial score (nSPS) is 28.7. The predicted octanol–water partition coefficient (Wildman–Crippen LogP) is 2.41. The first-order valence-corrected chi connectivity index (χ1v) is 8.72. The average Bonchev–Trinajstić information content (AvgIpc) is 3.25. The number of nitrogens with zero attached hydrogens (tertiary/aromatic N) is 1. The predicted molar refractivity (Wildman–Crippen MR) is 93.7 cm³/mol. The second kappa shape index (κ2) is 7.01. The second-order valence-electron chi connectivity index (χ2n) is 7.19. The van der Waals surface area contributed by atoms with Crippen LogP contribution in [0.1, 0.15) is 37.2 Å². The molecule has 0 saturated heterocycles. The molecule has 0 aromatic heterocycles. The van der Waals surface area contributed by atoms with Gasteiger partial charge in [-0.25, -0.2) is 0 Å². The summed E-state index contributed by atoms with van der Waals surface area (Å²) in [7, 11) is 7.55. The zero-order valence-electron chi connectivity index (χ0n) is 15.0. The van der Waals surface area contributed by atoms with E-state index in [1.165, 1.54) is 0 Å². The van der Waals surface area contributed by atoms with Gasteiger partial charge in [-0.2, -0.15) is 0 Å². The molecular weight excluding hydrogens is 304 g/mol. The van der Waals surface area contributed by atoms with Crippen LogP contribution in [-0.2, 0) is 4.79 Å². The lowest BCUT2D eigenvalue weighted by Crippen LogP contribution is -2.36. The molecule has 0 bridgehead atoms. The average molecular weight is 332 g/mol. The highest BCUT2D eigenvalue weighted by Crippen LogP contribution is 2.51. The molecule has 2 aliphatic rings. The Kier molecular flexibility index (Phi) is 4.99. The summed E-state index contributed by atoms with van der Waals surface area (Å²) in [6.45, 7) is 0. The number of methoxy groups -OCH3 is 2. The van der Waals surface area contributed by atoms with Crippen molar-refractivity contribution in [3.63, 3.8) is 0 Å². The number of benzene rings is 1. The van der Waals surface area contributed by atoms with Gasteiger partial charge >= 0.3 is 0 Å². The van der Waals surface area contributed by atoms with Crippen molar-refractivity contribution in [1.29, 1.82) is 0 Å². The quantitative estimate of drug-likeness (QED) is 0.869. The molecule has 2 saturated carbocycles. The second-order valence-corrected chi connectivity index (χ2v) is 7.19. The molecule has 0 heterocycles. The summed E-state index contributed by atoms with van der Waals surface area (Å²) < 4.78 is 10.8. The summed E-state index contributed by atoms with van der Waals surface area (Å²) >= 11 is 0. The Hall–Kier alpha value is -1.75. The zero-order valence-corrected chi connectivity index (χ0v) is 15.0. The molecule has 4 atom stereocenters. The van der Waals surface area contributed by atoms with E-state index in [-0.39, 0.29) is 17.7 Å². The lowest BCUT2D eigenvalue weighted by molar-refractivity contribution is -0.123. The van der Waals surface area contributed by atoms with Gasteiger partial charge in [-0.3, -0.25) is 4.79 Å². The Balaban J connectivity index is 1.60. The van der Waals surface area contributed by atoms with Crippen LogP contribution in [0.25, 0.3) is 0 Å². The largest absolute Gasteiger partial charge is 0.497 e. The maximum Gasteiger partial charge on any atom is 0.223 e. The standard InChI is InChI=1S/C19H28N2O3/c1-21(2)13-6-5-12(9-13)20-19(22)17-11-15(17)16-10-14(23-3)7-8-18(16)24-4/h7-8,10,12-13,15,17H,5-6,9,11H2,1-4H3,(H,20,22). The third-order valence-electron chi connectivity index (χ3n) is 5.45. The van der Waals surface area contributed by atoms with Crippen molar-refractivity contribution in [3.8, 4) is 11.5 Å². The van der Waals surface area contributed by atoms with Crippen LogP contribution in [0.3, 0.4) is 0 Å². The molecule has 1 aromatic carbocycles. The van der Waals surface area contributed by atoms with Gasteiger partial charge in [-0.05, 0) is 58.0 Å². The molecule has 1 N–H and O–H groups in total. The van der Waals surface area contributed by atoms with E-state index in [0.29, 0.717) is 12.1 Å². The fourth-order valence-corrected chi connectivity index (χ4v) is 3.82. The van der Waals surface area contributed by atoms with Crippen LogP contribution < -0.4 is 14.8 Å². The summed E-state index contributed by atoms with van der Waals surface area (Å²) in [5, 5.41) is 3.25. The minimum Gasteiger partial charge on any atom is -0.497 e. The highest BCUT2D eigenvalue weighted by atomic mass is 16.5. The number of carbonyl (C=O) groups is 1. The molecule has 0 radical (unpaired) electrons. The lowest BCUT2D eigenvalue weighted by Gasteiger charge is -2.19. The van der Waals surface area contributed by atoms with E-state index in [4.69, 9.17) is 9.47 Å². The van der Waals surface area contributed by atoms with Gasteiger partial charge in [0.2, 0.25) is 5.91 Å². The van der Waals surface area contributed by atoms with E-state index in [0.717, 1.165) is 42.7 Å². The smallest absolute Gasteiger partial charge is 0.223 e. The number of hydrogen-bond acceptors (Lipinski definition) is 4. The molecule has 5 heteroatoms. The van der Waals surface area contributed by atoms with E-state index in [2.05, 4.69) is 24.3 Å². The molecule has 24 heavy (non-hydrogen) atoms.